The molecule has 0 fully saturated rings. The topological polar surface area (TPSA) is 8.81 Å². The van der Waals surface area contributed by atoms with Gasteiger partial charge in [0.2, 0.25) is 6.33 Å². The third-order valence-corrected chi connectivity index (χ3v) is 3.35. The number of rotatable bonds is 4. The fourth-order valence-corrected chi connectivity index (χ4v) is 2.58. The molecular weight excluding hydrogens is 300 g/mol. The van der Waals surface area contributed by atoms with Gasteiger partial charge in [0.05, 0.1) is 6.54 Å². The van der Waals surface area contributed by atoms with Gasteiger partial charge in [0.1, 0.15) is 18.1 Å². The number of hydrogen-bond donors (Lipinski definition) is 0. The first-order valence-corrected chi connectivity index (χ1v) is 6.77. The number of imidazole rings is 1. The van der Waals surface area contributed by atoms with Crippen molar-refractivity contribution >= 4 is 0 Å². The molecule has 0 aliphatic rings. The third-order valence-electron chi connectivity index (χ3n) is 3.35. The monoisotopic (exact) mass is 322 g/mol. The van der Waals surface area contributed by atoms with E-state index in [2.05, 4.69) is 67.7 Å². The van der Waals surface area contributed by atoms with Gasteiger partial charge >= 0.3 is 0 Å². The summed E-state index contributed by atoms with van der Waals surface area (Å²) in [5.74, 6) is 0. The molecule has 1 aromatic heterocycles. The van der Waals surface area contributed by atoms with Crippen LogP contribution in [0, 0.1) is 20.8 Å². The van der Waals surface area contributed by atoms with Gasteiger partial charge in [-0.2, -0.15) is 0 Å². The van der Waals surface area contributed by atoms with Crippen LogP contribution < -0.4 is 21.5 Å². The van der Waals surface area contributed by atoms with Crippen molar-refractivity contribution in [2.24, 2.45) is 0 Å². The number of benzene rings is 1. The maximum absolute atomic E-state index is 2.27. The Hall–Kier alpha value is -1.09. The average Bonchev–Trinajstić information content (AvgIpc) is 2.73. The van der Waals surface area contributed by atoms with Gasteiger partial charge in [-0.05, 0) is 38.3 Å². The summed E-state index contributed by atoms with van der Waals surface area (Å²) in [7, 11) is 0. The lowest BCUT2D eigenvalue weighted by atomic mass is 10.1. The highest BCUT2D eigenvalue weighted by Crippen LogP contribution is 2.20. The van der Waals surface area contributed by atoms with E-state index in [1.165, 1.54) is 35.2 Å². The lowest BCUT2D eigenvalue weighted by Crippen LogP contribution is -3.00. The summed E-state index contributed by atoms with van der Waals surface area (Å²) in [6, 6.07) is 4.50. The second kappa shape index (κ2) is 6.90. The van der Waals surface area contributed by atoms with Gasteiger partial charge < -0.3 is 17.0 Å². The van der Waals surface area contributed by atoms with Gasteiger partial charge in [-0.25, -0.2) is 9.13 Å². The van der Waals surface area contributed by atoms with Crippen LogP contribution in [0.1, 0.15) is 36.5 Å². The van der Waals surface area contributed by atoms with Gasteiger partial charge in [-0.15, -0.1) is 0 Å². The van der Waals surface area contributed by atoms with Crippen molar-refractivity contribution in [1.82, 2.24) is 4.57 Å². The Bertz CT molecular complexity index is 520. The largest absolute Gasteiger partial charge is 1.00 e. The van der Waals surface area contributed by atoms with Crippen molar-refractivity contribution in [2.45, 2.75) is 47.1 Å². The highest BCUT2D eigenvalue weighted by Gasteiger charge is 2.12. The standard InChI is InChI=1S/C16H23N2.BrH/c1-5-6-7-17-8-9-18(12-17)16-14(3)10-13(2)11-15(16)4;/h8-12H,5-7H2,1-4H3;1H/q+1;/p-1. The Kier molecular flexibility index (Phi) is 5.80. The molecule has 3 heteroatoms. The van der Waals surface area contributed by atoms with Crippen LogP contribution in [0.3, 0.4) is 0 Å². The van der Waals surface area contributed by atoms with Gasteiger partial charge in [-0.1, -0.05) is 31.0 Å². The second-order valence-corrected chi connectivity index (χ2v) is 5.16. The van der Waals surface area contributed by atoms with E-state index >= 15 is 0 Å². The van der Waals surface area contributed by atoms with Crippen LogP contribution in [0.25, 0.3) is 5.69 Å². The van der Waals surface area contributed by atoms with Crippen molar-refractivity contribution in [2.75, 3.05) is 0 Å². The Morgan fingerprint density at radius 2 is 1.74 bits per heavy atom. The summed E-state index contributed by atoms with van der Waals surface area (Å²) >= 11 is 0. The van der Waals surface area contributed by atoms with Crippen molar-refractivity contribution in [3.63, 3.8) is 0 Å². The maximum atomic E-state index is 2.27. The summed E-state index contributed by atoms with van der Waals surface area (Å²) in [5.41, 5.74) is 5.33. The van der Waals surface area contributed by atoms with E-state index in [4.69, 9.17) is 0 Å². The predicted octanol–water partition coefficient (Wildman–Crippen LogP) is 0.494. The Morgan fingerprint density at radius 3 is 2.32 bits per heavy atom. The highest BCUT2D eigenvalue weighted by molar-refractivity contribution is 5.48. The molecule has 0 unspecified atom stereocenters. The van der Waals surface area contributed by atoms with Crippen LogP contribution in [0.2, 0.25) is 0 Å². The zero-order valence-electron chi connectivity index (χ0n) is 12.3. The van der Waals surface area contributed by atoms with E-state index in [-0.39, 0.29) is 17.0 Å². The smallest absolute Gasteiger partial charge is 0.248 e. The summed E-state index contributed by atoms with van der Waals surface area (Å²) in [4.78, 5) is 0. The highest BCUT2D eigenvalue weighted by atomic mass is 79.9. The first-order valence-electron chi connectivity index (χ1n) is 6.77. The predicted molar refractivity (Wildman–Crippen MR) is 75.1 cm³/mol. The number of nitrogens with zero attached hydrogens (tertiary/aromatic N) is 2. The minimum atomic E-state index is 0. The van der Waals surface area contributed by atoms with Gasteiger partial charge in [0, 0.05) is 0 Å². The first-order chi connectivity index (χ1) is 8.61. The number of unbranched alkanes of at least 4 members (excludes halogenated alkanes) is 1. The molecule has 104 valence electrons. The van der Waals surface area contributed by atoms with Gasteiger partial charge in [-0.3, -0.25) is 0 Å². The minimum absolute atomic E-state index is 0. The molecule has 0 aliphatic carbocycles. The van der Waals surface area contributed by atoms with Crippen LogP contribution >= 0.6 is 0 Å². The molecule has 1 aromatic carbocycles. The van der Waals surface area contributed by atoms with E-state index in [0.717, 1.165) is 6.54 Å². The summed E-state index contributed by atoms with van der Waals surface area (Å²) in [5, 5.41) is 0. The fourth-order valence-electron chi connectivity index (χ4n) is 2.58. The zero-order chi connectivity index (χ0) is 13.1. The van der Waals surface area contributed by atoms with Crippen LogP contribution in [-0.4, -0.2) is 4.57 Å². The van der Waals surface area contributed by atoms with Gasteiger partial charge in [0.25, 0.3) is 0 Å². The number of aryl methyl sites for hydroxylation is 4. The van der Waals surface area contributed by atoms with E-state index in [0.29, 0.717) is 0 Å². The molecule has 1 heterocycles. The zero-order valence-corrected chi connectivity index (χ0v) is 13.9. The van der Waals surface area contributed by atoms with Gasteiger partial charge in [0.15, 0.2) is 0 Å². The Labute approximate surface area is 126 Å². The minimum Gasteiger partial charge on any atom is -1.00 e. The van der Waals surface area contributed by atoms with E-state index < -0.39 is 0 Å². The van der Waals surface area contributed by atoms with Crippen molar-refractivity contribution < 1.29 is 21.5 Å². The number of hydrogen-bond acceptors (Lipinski definition) is 0. The molecule has 2 rings (SSSR count). The molecule has 0 saturated heterocycles. The van der Waals surface area contributed by atoms with Crippen molar-refractivity contribution in [1.29, 1.82) is 0 Å². The van der Waals surface area contributed by atoms with E-state index in [9.17, 15) is 0 Å². The number of halogens is 1. The van der Waals surface area contributed by atoms with Crippen LogP contribution in [-0.2, 0) is 6.54 Å². The summed E-state index contributed by atoms with van der Waals surface area (Å²) in [6.45, 7) is 9.86. The Balaban J connectivity index is 0.00000180. The third kappa shape index (κ3) is 3.69. The lowest BCUT2D eigenvalue weighted by Gasteiger charge is -2.07. The number of aromatic nitrogens is 2. The van der Waals surface area contributed by atoms with Crippen LogP contribution in [0.4, 0.5) is 0 Å². The SMILES string of the molecule is CCCC[n+]1ccn(-c2c(C)cc(C)cc2C)c1.[Br-]. The molecule has 0 N–H and O–H groups in total. The molecule has 0 amide bonds. The fraction of sp³-hybridized carbons (Fsp3) is 0.438. The molecule has 2 nitrogen and oxygen atoms in total. The second-order valence-electron chi connectivity index (χ2n) is 5.16. The summed E-state index contributed by atoms with van der Waals surface area (Å²) in [6.07, 6.45) is 8.98. The Morgan fingerprint density at radius 1 is 1.11 bits per heavy atom. The quantitative estimate of drug-likeness (QED) is 0.725. The molecule has 0 bridgehead atoms. The van der Waals surface area contributed by atoms with Crippen LogP contribution in [0.15, 0.2) is 30.9 Å². The van der Waals surface area contributed by atoms with E-state index in [1.807, 2.05) is 0 Å². The molecule has 0 aliphatic heterocycles. The molecular formula is C16H23BrN2. The van der Waals surface area contributed by atoms with E-state index in [1.54, 1.807) is 0 Å². The first kappa shape index (κ1) is 16.0. The van der Waals surface area contributed by atoms with Crippen molar-refractivity contribution in [3.8, 4) is 5.69 Å². The summed E-state index contributed by atoms with van der Waals surface area (Å²) < 4.78 is 4.50. The maximum Gasteiger partial charge on any atom is 0.248 e. The molecule has 19 heavy (non-hydrogen) atoms. The normalized spacial score (nSPS) is 10.3. The van der Waals surface area contributed by atoms with Crippen molar-refractivity contribution in [3.05, 3.63) is 47.5 Å². The molecule has 0 spiro atoms. The molecule has 0 atom stereocenters. The average molecular weight is 323 g/mol. The molecule has 2 aromatic rings. The molecule has 0 radical (unpaired) electrons. The van der Waals surface area contributed by atoms with Crippen LogP contribution in [0.5, 0.6) is 0 Å². The molecule has 0 saturated carbocycles. The lowest BCUT2D eigenvalue weighted by molar-refractivity contribution is -0.696.